The van der Waals surface area contributed by atoms with E-state index in [4.69, 9.17) is 9.84 Å². The number of carbonyl (C=O) groups excluding carboxylic acids is 1. The quantitative estimate of drug-likeness (QED) is 0.880. The molecule has 0 aliphatic rings. The van der Waals surface area contributed by atoms with E-state index in [-0.39, 0.29) is 17.2 Å². The van der Waals surface area contributed by atoms with Crippen molar-refractivity contribution in [1.82, 2.24) is 0 Å². The van der Waals surface area contributed by atoms with E-state index in [1.165, 1.54) is 30.6 Å². The predicted octanol–water partition coefficient (Wildman–Crippen LogP) is 3.47. The van der Waals surface area contributed by atoms with Gasteiger partial charge in [-0.1, -0.05) is 0 Å². The van der Waals surface area contributed by atoms with Crippen LogP contribution in [0.5, 0.6) is 5.75 Å². The second kappa shape index (κ2) is 6.06. The maximum atomic E-state index is 12.0. The summed E-state index contributed by atoms with van der Waals surface area (Å²) in [6.45, 7) is 0. The molecule has 0 atom stereocenters. The summed E-state index contributed by atoms with van der Waals surface area (Å²) in [5.41, 5.74) is 0.209. The second-order valence-corrected chi connectivity index (χ2v) is 6.24. The van der Waals surface area contributed by atoms with Crippen LogP contribution < -0.4 is 10.1 Å². The molecule has 0 unspecified atom stereocenters. The van der Waals surface area contributed by atoms with Gasteiger partial charge in [-0.3, -0.25) is 4.79 Å². The fourth-order valence-electron chi connectivity index (χ4n) is 1.56. The highest BCUT2D eigenvalue weighted by Gasteiger charge is 2.15. The van der Waals surface area contributed by atoms with Gasteiger partial charge in [-0.05, 0) is 46.3 Å². The van der Waals surface area contributed by atoms with Gasteiger partial charge < -0.3 is 15.2 Å². The van der Waals surface area contributed by atoms with Crippen molar-refractivity contribution in [3.05, 3.63) is 44.6 Å². The van der Waals surface area contributed by atoms with Gasteiger partial charge in [-0.25, -0.2) is 4.79 Å². The van der Waals surface area contributed by atoms with Crippen LogP contribution in [0.25, 0.3) is 0 Å². The number of thiophene rings is 1. The summed E-state index contributed by atoms with van der Waals surface area (Å²) < 4.78 is 5.80. The first-order valence-corrected chi connectivity index (χ1v) is 7.10. The standard InChI is InChI=1S/C13H10BrNO4S/c1-19-7-2-3-9(8(6-7)13(17)18)15-12(16)10-4-5-11(14)20-10/h2-6H,1H3,(H,15,16)(H,17,18). The average molecular weight is 356 g/mol. The van der Waals surface area contributed by atoms with Crippen molar-refractivity contribution in [2.75, 3.05) is 12.4 Å². The minimum atomic E-state index is -1.13. The van der Waals surface area contributed by atoms with Crippen molar-refractivity contribution in [3.63, 3.8) is 0 Å². The molecule has 1 amide bonds. The van der Waals surface area contributed by atoms with E-state index >= 15 is 0 Å². The average Bonchev–Trinajstić information content (AvgIpc) is 2.85. The number of benzene rings is 1. The Bertz CT molecular complexity index is 668. The first-order chi connectivity index (χ1) is 9.51. The number of methoxy groups -OCH3 is 1. The molecular formula is C13H10BrNO4S. The zero-order valence-corrected chi connectivity index (χ0v) is 12.7. The van der Waals surface area contributed by atoms with Crippen molar-refractivity contribution in [3.8, 4) is 5.75 Å². The number of rotatable bonds is 4. The first kappa shape index (κ1) is 14.5. The lowest BCUT2D eigenvalue weighted by Crippen LogP contribution is -2.13. The molecule has 1 aromatic heterocycles. The van der Waals surface area contributed by atoms with Crippen LogP contribution in [0.1, 0.15) is 20.0 Å². The summed E-state index contributed by atoms with van der Waals surface area (Å²) in [6.07, 6.45) is 0. The van der Waals surface area contributed by atoms with Gasteiger partial charge in [0.1, 0.15) is 5.75 Å². The molecule has 0 radical (unpaired) electrons. The Hall–Kier alpha value is -1.86. The smallest absolute Gasteiger partial charge is 0.337 e. The van der Waals surface area contributed by atoms with Crippen LogP contribution in [0.3, 0.4) is 0 Å². The zero-order chi connectivity index (χ0) is 14.7. The van der Waals surface area contributed by atoms with E-state index < -0.39 is 5.97 Å². The molecule has 0 saturated heterocycles. The van der Waals surface area contributed by atoms with Crippen LogP contribution in [-0.2, 0) is 0 Å². The van der Waals surface area contributed by atoms with Crippen LogP contribution in [-0.4, -0.2) is 24.1 Å². The maximum absolute atomic E-state index is 12.0. The number of ether oxygens (including phenoxy) is 1. The molecule has 2 aromatic rings. The Balaban J connectivity index is 2.29. The molecule has 0 aliphatic heterocycles. The lowest BCUT2D eigenvalue weighted by Gasteiger charge is -2.09. The molecule has 0 fully saturated rings. The highest BCUT2D eigenvalue weighted by molar-refractivity contribution is 9.11. The van der Waals surface area contributed by atoms with Gasteiger partial charge in [-0.2, -0.15) is 0 Å². The summed E-state index contributed by atoms with van der Waals surface area (Å²) in [5.74, 6) is -1.07. The number of hydrogen-bond acceptors (Lipinski definition) is 4. The van der Waals surface area contributed by atoms with E-state index in [0.717, 1.165) is 3.79 Å². The molecule has 1 aromatic carbocycles. The van der Waals surface area contributed by atoms with Gasteiger partial charge in [0.2, 0.25) is 0 Å². The summed E-state index contributed by atoms with van der Waals surface area (Å²) in [4.78, 5) is 23.7. The molecule has 2 rings (SSSR count). The molecule has 104 valence electrons. The molecule has 0 bridgehead atoms. The molecule has 0 aliphatic carbocycles. The number of nitrogens with one attached hydrogen (secondary N) is 1. The van der Waals surface area contributed by atoms with Gasteiger partial charge in [0.15, 0.2) is 0 Å². The van der Waals surface area contributed by atoms with Crippen molar-refractivity contribution < 1.29 is 19.4 Å². The summed E-state index contributed by atoms with van der Waals surface area (Å²) in [6, 6.07) is 7.87. The number of amides is 1. The number of halogens is 1. The minimum Gasteiger partial charge on any atom is -0.497 e. The third-order valence-corrected chi connectivity index (χ3v) is 4.12. The van der Waals surface area contributed by atoms with E-state index in [1.54, 1.807) is 18.2 Å². The van der Waals surface area contributed by atoms with Crippen LogP contribution >= 0.6 is 27.3 Å². The van der Waals surface area contributed by atoms with E-state index in [9.17, 15) is 9.59 Å². The number of carbonyl (C=O) groups is 2. The molecule has 1 heterocycles. The molecule has 5 nitrogen and oxygen atoms in total. The lowest BCUT2D eigenvalue weighted by molar-refractivity contribution is 0.0697. The molecular weight excluding hydrogens is 346 g/mol. The molecule has 20 heavy (non-hydrogen) atoms. The Morgan fingerprint density at radius 2 is 2.05 bits per heavy atom. The van der Waals surface area contributed by atoms with E-state index in [1.807, 2.05) is 0 Å². The third-order valence-electron chi connectivity index (χ3n) is 2.50. The van der Waals surface area contributed by atoms with Gasteiger partial charge in [0, 0.05) is 0 Å². The minimum absolute atomic E-state index is 0.0201. The number of hydrogen-bond donors (Lipinski definition) is 2. The number of aromatic carboxylic acids is 1. The Labute approximate surface area is 127 Å². The SMILES string of the molecule is COc1ccc(NC(=O)c2ccc(Br)s2)c(C(=O)O)c1. The largest absolute Gasteiger partial charge is 0.497 e. The molecule has 2 N–H and O–H groups in total. The molecule has 0 spiro atoms. The monoisotopic (exact) mass is 355 g/mol. The van der Waals surface area contributed by atoms with Gasteiger partial charge in [0.25, 0.3) is 5.91 Å². The number of carboxylic acids is 1. The first-order valence-electron chi connectivity index (χ1n) is 5.49. The Morgan fingerprint density at radius 1 is 1.30 bits per heavy atom. The van der Waals surface area contributed by atoms with Crippen LogP contribution in [0, 0.1) is 0 Å². The zero-order valence-electron chi connectivity index (χ0n) is 10.3. The summed E-state index contributed by atoms with van der Waals surface area (Å²) in [7, 11) is 1.45. The normalized spacial score (nSPS) is 10.1. The van der Waals surface area contributed by atoms with E-state index in [2.05, 4.69) is 21.2 Å². The van der Waals surface area contributed by atoms with E-state index in [0.29, 0.717) is 10.6 Å². The third kappa shape index (κ3) is 3.17. The maximum Gasteiger partial charge on any atom is 0.337 e. The van der Waals surface area contributed by atoms with Gasteiger partial charge in [0.05, 0.1) is 27.0 Å². The Kier molecular flexibility index (Phi) is 4.41. The summed E-state index contributed by atoms with van der Waals surface area (Å²) in [5, 5.41) is 11.7. The lowest BCUT2D eigenvalue weighted by atomic mass is 10.1. The van der Waals surface area contributed by atoms with Gasteiger partial charge in [-0.15, -0.1) is 11.3 Å². The fraction of sp³-hybridized carbons (Fsp3) is 0.0769. The predicted molar refractivity (Wildman–Crippen MR) is 79.9 cm³/mol. The second-order valence-electron chi connectivity index (χ2n) is 3.77. The fourth-order valence-corrected chi connectivity index (χ4v) is 2.84. The number of carboxylic acid groups (broad SMARTS) is 1. The topological polar surface area (TPSA) is 75.6 Å². The summed E-state index contributed by atoms with van der Waals surface area (Å²) >= 11 is 4.54. The molecule has 0 saturated carbocycles. The van der Waals surface area contributed by atoms with Crippen LogP contribution in [0.4, 0.5) is 5.69 Å². The van der Waals surface area contributed by atoms with Crippen LogP contribution in [0.15, 0.2) is 34.1 Å². The van der Waals surface area contributed by atoms with Crippen molar-refractivity contribution in [2.24, 2.45) is 0 Å². The molecule has 7 heteroatoms. The van der Waals surface area contributed by atoms with Gasteiger partial charge >= 0.3 is 5.97 Å². The highest BCUT2D eigenvalue weighted by Crippen LogP contribution is 2.25. The van der Waals surface area contributed by atoms with Crippen molar-refractivity contribution in [1.29, 1.82) is 0 Å². The van der Waals surface area contributed by atoms with Crippen molar-refractivity contribution >= 4 is 44.8 Å². The number of anilines is 1. The Morgan fingerprint density at radius 3 is 2.60 bits per heavy atom. The highest BCUT2D eigenvalue weighted by atomic mass is 79.9. The van der Waals surface area contributed by atoms with Crippen molar-refractivity contribution in [2.45, 2.75) is 0 Å². The van der Waals surface area contributed by atoms with Crippen LogP contribution in [0.2, 0.25) is 0 Å².